The molecule has 6 nitrogen and oxygen atoms in total. The molecule has 1 fully saturated rings. The van der Waals surface area contributed by atoms with Crippen molar-refractivity contribution in [1.29, 1.82) is 0 Å². The van der Waals surface area contributed by atoms with Crippen LogP contribution in [-0.2, 0) is 9.59 Å². The topological polar surface area (TPSA) is 79.7 Å². The summed E-state index contributed by atoms with van der Waals surface area (Å²) in [6.45, 7) is 1.98. The van der Waals surface area contributed by atoms with Crippen LogP contribution in [0, 0.1) is 6.92 Å². The van der Waals surface area contributed by atoms with Gasteiger partial charge in [-0.25, -0.2) is 4.98 Å². The van der Waals surface area contributed by atoms with Crippen LogP contribution >= 0.6 is 22.9 Å². The Hall–Kier alpha value is -3.68. The van der Waals surface area contributed by atoms with Crippen molar-refractivity contribution in [2.45, 2.75) is 13.0 Å². The molecule has 2 heterocycles. The molecule has 1 aliphatic rings. The summed E-state index contributed by atoms with van der Waals surface area (Å²) in [5.74, 6) is -1.15. The van der Waals surface area contributed by atoms with Gasteiger partial charge in [-0.2, -0.15) is 0 Å². The molecule has 0 aliphatic carbocycles. The summed E-state index contributed by atoms with van der Waals surface area (Å²) in [5, 5.41) is 12.0. The van der Waals surface area contributed by atoms with Crippen molar-refractivity contribution in [3.8, 4) is 5.75 Å². The Bertz CT molecular complexity index is 1460. The molecule has 0 unspecified atom stereocenters. The number of carbonyl (C=O) groups excluding carboxylic acids is 2. The monoisotopic (exact) mass is 490 g/mol. The number of aromatic nitrogens is 1. The van der Waals surface area contributed by atoms with Gasteiger partial charge in [-0.15, -0.1) is 0 Å². The van der Waals surface area contributed by atoms with Gasteiger partial charge in [0.1, 0.15) is 11.5 Å². The normalized spacial score (nSPS) is 17.5. The molecule has 5 rings (SSSR count). The van der Waals surface area contributed by atoms with Crippen LogP contribution in [0.15, 0.2) is 72.3 Å². The number of rotatable bonds is 4. The molecule has 1 amide bonds. The van der Waals surface area contributed by atoms with Gasteiger partial charge in [0.2, 0.25) is 0 Å². The van der Waals surface area contributed by atoms with Crippen molar-refractivity contribution < 1.29 is 19.4 Å². The van der Waals surface area contributed by atoms with Crippen molar-refractivity contribution in [2.24, 2.45) is 0 Å². The van der Waals surface area contributed by atoms with Crippen molar-refractivity contribution in [3.63, 3.8) is 0 Å². The number of benzene rings is 3. The number of fused-ring (bicyclic) bond motifs is 1. The molecule has 3 aromatic carbocycles. The standard InChI is InChI=1S/C26H19ClN2O4S/c1-14-3-12-19-20(13-14)34-26(28-19)29-22(15-6-10-18(33-2)11-7-15)21(24(31)25(29)32)23(30)16-4-8-17(27)9-5-16/h3-13,22,30H,1-2H3/b23-21+/t22-/m1/s1. The van der Waals surface area contributed by atoms with Crippen molar-refractivity contribution in [2.75, 3.05) is 12.0 Å². The van der Waals surface area contributed by atoms with E-state index in [9.17, 15) is 14.7 Å². The van der Waals surface area contributed by atoms with Crippen LogP contribution in [0.1, 0.15) is 22.7 Å². The number of thiazole rings is 1. The summed E-state index contributed by atoms with van der Waals surface area (Å²) in [6.07, 6.45) is 0. The number of carbonyl (C=O) groups is 2. The number of aliphatic hydroxyl groups excluding tert-OH is 1. The van der Waals surface area contributed by atoms with Crippen LogP contribution < -0.4 is 9.64 Å². The predicted octanol–water partition coefficient (Wildman–Crippen LogP) is 5.89. The van der Waals surface area contributed by atoms with Crippen LogP contribution in [0.4, 0.5) is 5.13 Å². The summed E-state index contributed by atoms with van der Waals surface area (Å²) in [6, 6.07) is 18.5. The van der Waals surface area contributed by atoms with Crippen molar-refractivity contribution in [3.05, 3.63) is 94.0 Å². The number of methoxy groups -OCH3 is 1. The Labute approximate surface area is 204 Å². The minimum atomic E-state index is -0.858. The number of halogens is 1. The van der Waals surface area contributed by atoms with E-state index in [4.69, 9.17) is 16.3 Å². The van der Waals surface area contributed by atoms with Gasteiger partial charge in [-0.1, -0.05) is 41.1 Å². The molecular formula is C26H19ClN2O4S. The maximum atomic E-state index is 13.3. The molecule has 4 aromatic rings. The lowest BCUT2D eigenvalue weighted by atomic mass is 9.95. The van der Waals surface area contributed by atoms with Crippen LogP contribution in [0.3, 0.4) is 0 Å². The third-order valence-corrected chi connectivity index (χ3v) is 7.00. The number of hydrogen-bond acceptors (Lipinski definition) is 6. The summed E-state index contributed by atoms with van der Waals surface area (Å²) < 4.78 is 6.17. The van der Waals surface area contributed by atoms with E-state index in [2.05, 4.69) is 4.98 Å². The largest absolute Gasteiger partial charge is 0.507 e. The number of anilines is 1. The Balaban J connectivity index is 1.72. The molecule has 1 aliphatic heterocycles. The molecule has 8 heteroatoms. The molecule has 0 radical (unpaired) electrons. The van der Waals surface area contributed by atoms with Gasteiger partial charge < -0.3 is 9.84 Å². The predicted molar refractivity (Wildman–Crippen MR) is 134 cm³/mol. The van der Waals surface area contributed by atoms with E-state index in [1.54, 1.807) is 55.6 Å². The van der Waals surface area contributed by atoms with Gasteiger partial charge in [0.15, 0.2) is 5.13 Å². The molecule has 1 saturated heterocycles. The molecule has 170 valence electrons. The fourth-order valence-electron chi connectivity index (χ4n) is 4.02. The highest BCUT2D eigenvalue weighted by Crippen LogP contribution is 2.44. The maximum absolute atomic E-state index is 13.3. The molecule has 1 aromatic heterocycles. The summed E-state index contributed by atoms with van der Waals surface area (Å²) in [7, 11) is 1.56. The first kappa shape index (κ1) is 22.1. The molecule has 34 heavy (non-hydrogen) atoms. The summed E-state index contributed by atoms with van der Waals surface area (Å²) in [4.78, 5) is 32.6. The summed E-state index contributed by atoms with van der Waals surface area (Å²) >= 11 is 7.32. The zero-order chi connectivity index (χ0) is 24.0. The van der Waals surface area contributed by atoms with Gasteiger partial charge >= 0.3 is 5.91 Å². The molecule has 0 saturated carbocycles. The molecule has 1 atom stereocenters. The van der Waals surface area contributed by atoms with E-state index in [0.29, 0.717) is 27.0 Å². The second-order valence-electron chi connectivity index (χ2n) is 7.92. The first-order chi connectivity index (χ1) is 16.4. The fourth-order valence-corrected chi connectivity index (χ4v) is 5.23. The lowest BCUT2D eigenvalue weighted by Gasteiger charge is -2.23. The number of ether oxygens (including phenoxy) is 1. The van der Waals surface area contributed by atoms with Crippen LogP contribution in [0.5, 0.6) is 5.75 Å². The number of hydrogen-bond donors (Lipinski definition) is 1. The number of nitrogens with zero attached hydrogens (tertiary/aromatic N) is 2. The fraction of sp³-hybridized carbons (Fsp3) is 0.115. The lowest BCUT2D eigenvalue weighted by molar-refractivity contribution is -0.132. The van der Waals surface area contributed by atoms with E-state index in [1.807, 2.05) is 25.1 Å². The average molecular weight is 491 g/mol. The van der Waals surface area contributed by atoms with Gasteiger partial charge in [0, 0.05) is 10.6 Å². The minimum absolute atomic E-state index is 0.00655. The van der Waals surface area contributed by atoms with Gasteiger partial charge in [-0.05, 0) is 66.6 Å². The molecule has 1 N–H and O–H groups in total. The Morgan fingerprint density at radius 1 is 1.06 bits per heavy atom. The van der Waals surface area contributed by atoms with Gasteiger partial charge in [0.05, 0.1) is 28.9 Å². The zero-order valence-electron chi connectivity index (χ0n) is 18.3. The maximum Gasteiger partial charge on any atom is 0.301 e. The van der Waals surface area contributed by atoms with Crippen molar-refractivity contribution in [1.82, 2.24) is 4.98 Å². The Morgan fingerprint density at radius 3 is 2.44 bits per heavy atom. The smallest absolute Gasteiger partial charge is 0.301 e. The zero-order valence-corrected chi connectivity index (χ0v) is 19.9. The van der Waals surface area contributed by atoms with Crippen molar-refractivity contribution >= 4 is 55.7 Å². The Kier molecular flexibility index (Phi) is 5.59. The first-order valence-electron chi connectivity index (χ1n) is 10.5. The third-order valence-electron chi connectivity index (χ3n) is 5.73. The molecule has 0 spiro atoms. The van der Waals surface area contributed by atoms with E-state index in [-0.39, 0.29) is 11.3 Å². The second kappa shape index (κ2) is 8.59. The summed E-state index contributed by atoms with van der Waals surface area (Å²) in [5.41, 5.74) is 2.83. The van der Waals surface area contributed by atoms with E-state index < -0.39 is 17.7 Å². The van der Waals surface area contributed by atoms with Crippen LogP contribution in [0.2, 0.25) is 5.02 Å². The second-order valence-corrected chi connectivity index (χ2v) is 9.36. The van der Waals surface area contributed by atoms with Gasteiger partial charge in [0.25, 0.3) is 5.78 Å². The quantitative estimate of drug-likeness (QED) is 0.219. The molecule has 0 bridgehead atoms. The highest BCUT2D eigenvalue weighted by molar-refractivity contribution is 7.22. The SMILES string of the molecule is COc1ccc([C@@H]2/C(=C(\O)c3ccc(Cl)cc3)C(=O)C(=O)N2c2nc3ccc(C)cc3s2)cc1. The Morgan fingerprint density at radius 2 is 1.76 bits per heavy atom. The highest BCUT2D eigenvalue weighted by Gasteiger charge is 2.48. The van der Waals surface area contributed by atoms with E-state index >= 15 is 0 Å². The van der Waals surface area contributed by atoms with E-state index in [0.717, 1.165) is 15.8 Å². The first-order valence-corrected chi connectivity index (χ1v) is 11.6. The number of amides is 1. The van der Waals surface area contributed by atoms with Crippen LogP contribution in [-0.4, -0.2) is 28.9 Å². The number of aliphatic hydroxyl groups is 1. The average Bonchev–Trinajstić information content (AvgIpc) is 3.37. The van der Waals surface area contributed by atoms with Gasteiger partial charge in [-0.3, -0.25) is 14.5 Å². The third kappa shape index (κ3) is 3.73. The number of Topliss-reactive ketones (excluding diaryl/α,β-unsaturated/α-hetero) is 1. The number of ketones is 1. The van der Waals surface area contributed by atoms with Crippen LogP contribution in [0.25, 0.3) is 16.0 Å². The number of aryl methyl sites for hydroxylation is 1. The highest BCUT2D eigenvalue weighted by atomic mass is 35.5. The molecular weight excluding hydrogens is 472 g/mol. The minimum Gasteiger partial charge on any atom is -0.507 e. The van der Waals surface area contributed by atoms with E-state index in [1.165, 1.54) is 16.2 Å². The lowest BCUT2D eigenvalue weighted by Crippen LogP contribution is -2.29.